The fourth-order valence-corrected chi connectivity index (χ4v) is 10.8. The number of esters is 1. The molecule has 0 aromatic carbocycles. The first-order valence-corrected chi connectivity index (χ1v) is 18.7. The summed E-state index contributed by atoms with van der Waals surface area (Å²) < 4.78 is 16.7. The number of urea groups is 1. The average molecular weight is 520 g/mol. The minimum atomic E-state index is -2.22. The molecule has 0 saturated carbocycles. The number of hydrogen-bond acceptors (Lipinski definition) is 6. The summed E-state index contributed by atoms with van der Waals surface area (Å²) in [5.74, 6) is 0.327. The molecule has 0 aliphatic rings. The smallest absolute Gasteiger partial charge is 0.406 e. The SMILES string of the molecule is CC(=O)OC[Si](C)(C)O[Si](C)(C)COC(=O)NCCCCCCNC(=O)NC(C)CCC(C)C. The molecule has 0 aromatic rings. The molecular formula is C23H49N3O6Si2. The molecule has 1 unspecified atom stereocenters. The molecule has 0 aliphatic carbocycles. The maximum absolute atomic E-state index is 12.0. The van der Waals surface area contributed by atoms with Gasteiger partial charge in [-0.15, -0.1) is 0 Å². The Hall–Kier alpha value is -1.60. The number of ether oxygens (including phenoxy) is 2. The molecule has 9 nitrogen and oxygen atoms in total. The third kappa shape index (κ3) is 19.8. The molecule has 200 valence electrons. The zero-order chi connectivity index (χ0) is 26.2. The van der Waals surface area contributed by atoms with E-state index in [2.05, 4.69) is 29.8 Å². The van der Waals surface area contributed by atoms with Gasteiger partial charge in [0.15, 0.2) is 0 Å². The van der Waals surface area contributed by atoms with Gasteiger partial charge in [-0.2, -0.15) is 0 Å². The maximum Gasteiger partial charge on any atom is 0.406 e. The molecule has 0 heterocycles. The number of amides is 3. The molecule has 0 aromatic heterocycles. The van der Waals surface area contributed by atoms with Crippen LogP contribution in [0.1, 0.15) is 66.2 Å². The zero-order valence-corrected chi connectivity index (χ0v) is 24.7. The molecule has 34 heavy (non-hydrogen) atoms. The first-order chi connectivity index (χ1) is 15.7. The van der Waals surface area contributed by atoms with Crippen molar-refractivity contribution in [2.24, 2.45) is 5.92 Å². The standard InChI is InChI=1S/C23H49N3O6Si2/c1-19(2)13-14-20(3)26-22(28)24-15-11-9-10-12-16-25-23(29)31-18-34(7,8)32-33(5,6)17-30-21(4)27/h19-20H,9-18H2,1-8H3,(H,25,29)(H2,24,26,28). The normalized spacial score (nSPS) is 12.7. The van der Waals surface area contributed by atoms with Crippen LogP contribution in [0.25, 0.3) is 0 Å². The van der Waals surface area contributed by atoms with Crippen molar-refractivity contribution in [1.82, 2.24) is 16.0 Å². The molecular weight excluding hydrogens is 470 g/mol. The van der Waals surface area contributed by atoms with Crippen LogP contribution in [0.15, 0.2) is 0 Å². The van der Waals surface area contributed by atoms with Gasteiger partial charge in [0.2, 0.25) is 16.6 Å². The molecule has 0 aliphatic heterocycles. The van der Waals surface area contributed by atoms with Gasteiger partial charge in [-0.3, -0.25) is 4.79 Å². The lowest BCUT2D eigenvalue weighted by molar-refractivity contribution is -0.139. The zero-order valence-electron chi connectivity index (χ0n) is 22.7. The molecule has 1 atom stereocenters. The van der Waals surface area contributed by atoms with Crippen molar-refractivity contribution >= 4 is 34.7 Å². The van der Waals surface area contributed by atoms with E-state index < -0.39 is 22.7 Å². The van der Waals surface area contributed by atoms with Crippen LogP contribution in [0.2, 0.25) is 26.2 Å². The Labute approximate surface area is 208 Å². The Balaban J connectivity index is 3.82. The van der Waals surface area contributed by atoms with Crippen LogP contribution in [0.5, 0.6) is 0 Å². The highest BCUT2D eigenvalue weighted by Crippen LogP contribution is 2.15. The van der Waals surface area contributed by atoms with E-state index in [1.165, 1.54) is 6.92 Å². The quantitative estimate of drug-likeness (QED) is 0.148. The summed E-state index contributed by atoms with van der Waals surface area (Å²) in [6.45, 7) is 16.9. The largest absolute Gasteiger partial charge is 0.467 e. The number of carbonyl (C=O) groups excluding carboxylic acids is 3. The van der Waals surface area contributed by atoms with Gasteiger partial charge in [-0.05, 0) is 64.7 Å². The van der Waals surface area contributed by atoms with Gasteiger partial charge < -0.3 is 29.5 Å². The van der Waals surface area contributed by atoms with E-state index in [-0.39, 0.29) is 24.3 Å². The second-order valence-electron chi connectivity index (χ2n) is 10.6. The monoisotopic (exact) mass is 519 g/mol. The van der Waals surface area contributed by atoms with Crippen LogP contribution in [0.4, 0.5) is 9.59 Å². The predicted molar refractivity (Wildman–Crippen MR) is 141 cm³/mol. The molecule has 0 fully saturated rings. The molecule has 0 saturated heterocycles. The fraction of sp³-hybridized carbons (Fsp3) is 0.870. The van der Waals surface area contributed by atoms with Gasteiger partial charge in [0.05, 0.1) is 0 Å². The van der Waals surface area contributed by atoms with Crippen LogP contribution >= 0.6 is 0 Å². The highest BCUT2D eigenvalue weighted by molar-refractivity contribution is 6.84. The van der Waals surface area contributed by atoms with Gasteiger partial charge in [0, 0.05) is 26.1 Å². The second kappa shape index (κ2) is 16.9. The molecule has 3 N–H and O–H groups in total. The van der Waals surface area contributed by atoms with Crippen molar-refractivity contribution in [3.63, 3.8) is 0 Å². The lowest BCUT2D eigenvalue weighted by Gasteiger charge is -2.32. The number of nitrogens with one attached hydrogen (secondary N) is 3. The first kappa shape index (κ1) is 32.4. The fourth-order valence-electron chi connectivity index (χ4n) is 3.30. The van der Waals surface area contributed by atoms with Crippen molar-refractivity contribution in [2.45, 2.75) is 98.4 Å². The maximum atomic E-state index is 12.0. The van der Waals surface area contributed by atoms with Gasteiger partial charge >= 0.3 is 18.1 Å². The van der Waals surface area contributed by atoms with Gasteiger partial charge in [0.25, 0.3) is 0 Å². The summed E-state index contributed by atoms with van der Waals surface area (Å²) >= 11 is 0. The summed E-state index contributed by atoms with van der Waals surface area (Å²) in [5, 5.41) is 8.65. The Bertz CT molecular complexity index is 618. The summed E-state index contributed by atoms with van der Waals surface area (Å²) in [4.78, 5) is 34.9. The number of carbonyl (C=O) groups is 3. The lowest BCUT2D eigenvalue weighted by Crippen LogP contribution is -2.51. The van der Waals surface area contributed by atoms with E-state index in [0.717, 1.165) is 38.5 Å². The number of alkyl carbamates (subject to hydrolysis) is 1. The van der Waals surface area contributed by atoms with Crippen LogP contribution in [-0.2, 0) is 18.4 Å². The number of unbranched alkanes of at least 4 members (excludes halogenated alkanes) is 3. The Morgan fingerprint density at radius 3 is 1.82 bits per heavy atom. The molecule has 0 spiro atoms. The van der Waals surface area contributed by atoms with E-state index in [1.807, 2.05) is 33.1 Å². The minimum absolute atomic E-state index is 0.103. The number of rotatable bonds is 17. The first-order valence-electron chi connectivity index (χ1n) is 12.5. The Morgan fingerprint density at radius 1 is 0.765 bits per heavy atom. The molecule has 0 radical (unpaired) electrons. The van der Waals surface area contributed by atoms with Crippen molar-refractivity contribution in [2.75, 3.05) is 25.5 Å². The highest BCUT2D eigenvalue weighted by atomic mass is 28.4. The van der Waals surface area contributed by atoms with Crippen molar-refractivity contribution in [3.8, 4) is 0 Å². The van der Waals surface area contributed by atoms with Crippen LogP contribution < -0.4 is 16.0 Å². The summed E-state index contributed by atoms with van der Waals surface area (Å²) in [5.41, 5.74) is 0. The van der Waals surface area contributed by atoms with E-state index in [1.54, 1.807) is 0 Å². The molecule has 3 amide bonds. The average Bonchev–Trinajstić information content (AvgIpc) is 2.70. The van der Waals surface area contributed by atoms with Crippen molar-refractivity contribution < 1.29 is 28.0 Å². The van der Waals surface area contributed by atoms with Crippen molar-refractivity contribution in [1.29, 1.82) is 0 Å². The minimum Gasteiger partial charge on any atom is -0.467 e. The van der Waals surface area contributed by atoms with Crippen molar-refractivity contribution in [3.05, 3.63) is 0 Å². The number of hydrogen-bond donors (Lipinski definition) is 3. The topological polar surface area (TPSA) is 115 Å². The predicted octanol–water partition coefficient (Wildman–Crippen LogP) is 4.47. The van der Waals surface area contributed by atoms with Crippen LogP contribution in [0, 0.1) is 5.92 Å². The lowest BCUT2D eigenvalue weighted by atomic mass is 10.0. The van der Waals surface area contributed by atoms with E-state index in [0.29, 0.717) is 25.2 Å². The Morgan fingerprint density at radius 2 is 1.29 bits per heavy atom. The van der Waals surface area contributed by atoms with E-state index >= 15 is 0 Å². The van der Waals surface area contributed by atoms with E-state index in [9.17, 15) is 14.4 Å². The van der Waals surface area contributed by atoms with Crippen LogP contribution in [-0.4, -0.2) is 66.3 Å². The van der Waals surface area contributed by atoms with Gasteiger partial charge in [0.1, 0.15) is 12.5 Å². The summed E-state index contributed by atoms with van der Waals surface area (Å²) in [7, 11) is -4.39. The summed E-state index contributed by atoms with van der Waals surface area (Å²) in [6, 6.07) is 0.0795. The third-order valence-electron chi connectivity index (χ3n) is 4.94. The highest BCUT2D eigenvalue weighted by Gasteiger charge is 2.35. The second-order valence-corrected chi connectivity index (χ2v) is 19.0. The molecule has 0 bridgehead atoms. The summed E-state index contributed by atoms with van der Waals surface area (Å²) in [6.07, 6.45) is 5.91. The molecule has 11 heteroatoms. The van der Waals surface area contributed by atoms with E-state index in [4.69, 9.17) is 13.6 Å². The van der Waals surface area contributed by atoms with Gasteiger partial charge in [-0.25, -0.2) is 9.59 Å². The molecule has 0 rings (SSSR count). The van der Waals surface area contributed by atoms with Gasteiger partial charge in [-0.1, -0.05) is 26.7 Å². The van der Waals surface area contributed by atoms with Crippen LogP contribution in [0.3, 0.4) is 0 Å². The third-order valence-corrected chi connectivity index (χ3v) is 11.0. The Kier molecular flexibility index (Phi) is 16.1.